The van der Waals surface area contributed by atoms with E-state index in [-0.39, 0.29) is 17.4 Å². The minimum Gasteiger partial charge on any atom is -0.489 e. The van der Waals surface area contributed by atoms with E-state index in [2.05, 4.69) is 14.4 Å². The second-order valence-electron chi connectivity index (χ2n) is 12.4. The van der Waals surface area contributed by atoms with Crippen molar-refractivity contribution >= 4 is 61.1 Å². The number of fused-ring (bicyclic) bond motifs is 1. The van der Waals surface area contributed by atoms with Crippen LogP contribution in [0.3, 0.4) is 0 Å². The molecule has 0 bridgehead atoms. The van der Waals surface area contributed by atoms with E-state index in [0.717, 1.165) is 41.6 Å². The molecule has 49 heavy (non-hydrogen) atoms. The highest BCUT2D eigenvalue weighted by atomic mass is 32.3. The molecule has 3 aromatic rings. The number of ether oxygens (including phenoxy) is 1. The van der Waals surface area contributed by atoms with Gasteiger partial charge in [-0.25, -0.2) is 9.78 Å². The fourth-order valence-electron chi connectivity index (χ4n) is 5.60. The van der Waals surface area contributed by atoms with Crippen LogP contribution in [-0.4, -0.2) is 97.4 Å². The van der Waals surface area contributed by atoms with Gasteiger partial charge in [0.25, 0.3) is 12.0 Å². The van der Waals surface area contributed by atoms with Gasteiger partial charge in [0.2, 0.25) is 6.20 Å². The van der Waals surface area contributed by atoms with Gasteiger partial charge in [0.05, 0.1) is 23.4 Å². The lowest BCUT2D eigenvalue weighted by molar-refractivity contribution is -0.780. The van der Waals surface area contributed by atoms with Crippen LogP contribution in [-0.2, 0) is 47.0 Å². The van der Waals surface area contributed by atoms with E-state index in [1.54, 1.807) is 18.2 Å². The highest BCUT2D eigenvalue weighted by Gasteiger charge is 2.57. The Balaban J connectivity index is 1.31. The van der Waals surface area contributed by atoms with Gasteiger partial charge < -0.3 is 30.6 Å². The zero-order valence-electron chi connectivity index (χ0n) is 26.5. The van der Waals surface area contributed by atoms with Crippen LogP contribution in [0.1, 0.15) is 45.2 Å². The van der Waals surface area contributed by atoms with Gasteiger partial charge >= 0.3 is 16.4 Å². The molecule has 0 radical (unpaired) electrons. The first kappa shape index (κ1) is 36.1. The number of carbonyl (C=O) groups is 3. The van der Waals surface area contributed by atoms with Crippen molar-refractivity contribution in [1.82, 2.24) is 14.7 Å². The topological polar surface area (TPSA) is 257 Å². The van der Waals surface area contributed by atoms with Crippen LogP contribution < -0.4 is 15.2 Å². The molecule has 2 aliphatic rings. The number of nitrogens with two attached hydrogens (primary N) is 1. The molecule has 1 aromatic carbocycles. The zero-order chi connectivity index (χ0) is 35.7. The number of benzene rings is 1. The number of carboxylic acids is 1. The molecule has 3 atom stereocenters. The van der Waals surface area contributed by atoms with Crippen molar-refractivity contribution in [3.8, 4) is 5.75 Å². The minimum atomic E-state index is -5.00. The van der Waals surface area contributed by atoms with Crippen molar-refractivity contribution in [2.45, 2.75) is 70.4 Å². The van der Waals surface area contributed by atoms with Crippen molar-refractivity contribution in [3.05, 3.63) is 35.5 Å². The lowest BCUT2D eigenvalue weighted by atomic mass is 9.74. The summed E-state index contributed by atoms with van der Waals surface area (Å²) in [6.07, 6.45) is 2.12. The smallest absolute Gasteiger partial charge is 0.418 e. The average molecular weight is 726 g/mol. The Morgan fingerprint density at radius 2 is 2.02 bits per heavy atom. The van der Waals surface area contributed by atoms with Crippen LogP contribution in [0.4, 0.5) is 5.13 Å². The fourth-order valence-corrected chi connectivity index (χ4v) is 6.60. The Kier molecular flexibility index (Phi) is 10.6. The number of amides is 1. The van der Waals surface area contributed by atoms with Crippen LogP contribution in [0.5, 0.6) is 5.75 Å². The predicted molar refractivity (Wildman–Crippen MR) is 170 cm³/mol. The van der Waals surface area contributed by atoms with E-state index in [0.29, 0.717) is 16.7 Å². The van der Waals surface area contributed by atoms with Crippen LogP contribution >= 0.6 is 11.3 Å². The molecule has 1 aliphatic carbocycles. The van der Waals surface area contributed by atoms with E-state index in [1.165, 1.54) is 25.6 Å². The molecule has 0 spiro atoms. The maximum absolute atomic E-state index is 13.4. The minimum absolute atomic E-state index is 0.0373. The number of anilines is 1. The van der Waals surface area contributed by atoms with Gasteiger partial charge in [-0.1, -0.05) is 11.6 Å². The molecular weight excluding hydrogens is 688 g/mol. The van der Waals surface area contributed by atoms with Crippen LogP contribution in [0.25, 0.3) is 10.9 Å². The number of aliphatic hydroxyl groups excluding tert-OH is 2. The molecule has 20 heteroatoms. The molecule has 1 aliphatic heterocycles. The summed E-state index contributed by atoms with van der Waals surface area (Å²) < 4.78 is 45.2. The number of rotatable bonds is 17. The lowest BCUT2D eigenvalue weighted by Crippen LogP contribution is -2.68. The summed E-state index contributed by atoms with van der Waals surface area (Å²) in [6, 6.07) is 5.09. The third kappa shape index (κ3) is 8.16. The molecule has 266 valence electrons. The molecule has 6 N–H and O–H groups in total. The van der Waals surface area contributed by atoms with Gasteiger partial charge in [0.15, 0.2) is 23.2 Å². The Bertz CT molecular complexity index is 1870. The fraction of sp³-hybridized carbons (Fsp3) is 0.517. The van der Waals surface area contributed by atoms with E-state index in [9.17, 15) is 38.1 Å². The number of β-lactam (4-membered cyclic amide) rings is 1. The third-order valence-corrected chi connectivity index (χ3v) is 9.56. The second-order valence-corrected chi connectivity index (χ2v) is 14.3. The van der Waals surface area contributed by atoms with Crippen molar-refractivity contribution in [3.63, 3.8) is 0 Å². The van der Waals surface area contributed by atoms with E-state index >= 15 is 0 Å². The maximum Gasteiger partial charge on any atom is 0.418 e. The number of nitrogen functional groups attached to an aromatic ring is 1. The monoisotopic (exact) mass is 725 g/mol. The molecule has 2 fully saturated rings. The Morgan fingerprint density at radius 1 is 1.29 bits per heavy atom. The number of hydroxylamine groups is 2. The lowest BCUT2D eigenvalue weighted by Gasteiger charge is -2.50. The van der Waals surface area contributed by atoms with Crippen LogP contribution in [0.15, 0.2) is 34.9 Å². The van der Waals surface area contributed by atoms with Gasteiger partial charge in [-0.05, 0) is 44.9 Å². The quantitative estimate of drug-likeness (QED) is 0.0413. The summed E-state index contributed by atoms with van der Waals surface area (Å²) in [5.41, 5.74) is 4.71. The molecule has 1 amide bonds. The van der Waals surface area contributed by atoms with E-state index < -0.39 is 77.1 Å². The van der Waals surface area contributed by atoms with Gasteiger partial charge in [-0.3, -0.25) is 14.1 Å². The summed E-state index contributed by atoms with van der Waals surface area (Å²) in [6.45, 7) is 2.84. The Labute approximate surface area is 284 Å². The van der Waals surface area contributed by atoms with E-state index in [4.69, 9.17) is 19.9 Å². The second kappa shape index (κ2) is 14.3. The number of nitrogens with zero attached hydrogens (tertiary/aromatic N) is 5. The number of aliphatic hydroxyl groups is 2. The zero-order valence-corrected chi connectivity index (χ0v) is 28.2. The van der Waals surface area contributed by atoms with Crippen molar-refractivity contribution < 1.29 is 61.2 Å². The first-order chi connectivity index (χ1) is 23.1. The van der Waals surface area contributed by atoms with Crippen molar-refractivity contribution in [1.29, 1.82) is 0 Å². The van der Waals surface area contributed by atoms with Crippen molar-refractivity contribution in [2.75, 3.05) is 18.9 Å². The third-order valence-electron chi connectivity index (χ3n) is 8.55. The standard InChI is InChI=1S/C29H36N6O12S2/c1-29(2)20(26(39)35(29)47-49(42,43)44)9-23(38)25(21-15-48-28(30)31-21)32-46-24(27(40)41)14-45-19-6-7-22-17(8-19)11-33(10-16-4-3-5-16)34(22)12-18(37)13-36/h6-8,11,15-16,18,20,24,36-37H,3-5,9-10,12-14H2,1-2H3,(H3-,30,31,40,41,42,43,44)/p+1/b32-25-/t18?,20-,24+/m1/s1. The predicted octanol–water partition coefficient (Wildman–Crippen LogP) is 0.304. The van der Waals surface area contributed by atoms with Crippen LogP contribution in [0, 0.1) is 11.8 Å². The summed E-state index contributed by atoms with van der Waals surface area (Å²) in [5.74, 6) is -3.40. The number of oxime groups is 1. The molecule has 3 heterocycles. The number of thiazole rings is 1. The number of hydrogen-bond donors (Lipinski definition) is 5. The first-order valence-electron chi connectivity index (χ1n) is 15.2. The summed E-state index contributed by atoms with van der Waals surface area (Å²) in [4.78, 5) is 47.4. The summed E-state index contributed by atoms with van der Waals surface area (Å²) in [7, 11) is -5.00. The maximum atomic E-state index is 13.4. The average Bonchev–Trinajstić information content (AvgIpc) is 3.59. The number of ketones is 1. The molecule has 1 saturated heterocycles. The molecule has 18 nitrogen and oxygen atoms in total. The normalized spacial score (nSPS) is 19.3. The van der Waals surface area contributed by atoms with Gasteiger partial charge in [-0.2, -0.15) is 18.2 Å². The number of aliphatic carboxylic acids is 1. The highest BCUT2D eigenvalue weighted by Crippen LogP contribution is 2.40. The van der Waals surface area contributed by atoms with Gasteiger partial charge in [0.1, 0.15) is 36.2 Å². The molecular formula is C29H37N6O12S2+. The molecule has 2 aromatic heterocycles. The molecule has 5 rings (SSSR count). The Hall–Kier alpha value is -4.21. The number of aromatic nitrogens is 3. The van der Waals surface area contributed by atoms with Crippen molar-refractivity contribution in [2.24, 2.45) is 17.0 Å². The number of hydrogen-bond acceptors (Lipinski definition) is 14. The van der Waals surface area contributed by atoms with E-state index in [1.807, 2.05) is 15.6 Å². The number of carboxylic acid groups (broad SMARTS) is 1. The van der Waals surface area contributed by atoms with Crippen LogP contribution in [0.2, 0.25) is 0 Å². The summed E-state index contributed by atoms with van der Waals surface area (Å²) >= 11 is 0.977. The first-order valence-corrected chi connectivity index (χ1v) is 17.5. The SMILES string of the molecule is CC1(C)[C@H](CC(=O)/C(=N\O[C@@H](COc2ccc3c(c2)c[n+](CC2CCC2)n3CC(O)CO)C(=O)O)c2csc(N)n2)C(=O)N1OS(=O)(=O)O. The largest absolute Gasteiger partial charge is 0.489 e. The Morgan fingerprint density at radius 3 is 2.59 bits per heavy atom. The summed E-state index contributed by atoms with van der Waals surface area (Å²) in [5, 5.41) is 35.9. The van der Waals surface area contributed by atoms with Gasteiger partial charge in [-0.15, -0.1) is 20.3 Å². The van der Waals surface area contributed by atoms with Gasteiger partial charge in [0, 0.05) is 17.7 Å². The molecule has 1 saturated carbocycles. The number of carbonyl (C=O) groups excluding carboxylic acids is 2. The number of Topliss-reactive ketones (excluding diaryl/α,β-unsaturated/α-hetero) is 1. The highest BCUT2D eigenvalue weighted by molar-refractivity contribution is 7.80. The molecule has 1 unspecified atom stereocenters.